The highest BCUT2D eigenvalue weighted by Crippen LogP contribution is 2.26. The lowest BCUT2D eigenvalue weighted by molar-refractivity contribution is -0.111. The molecule has 35 heavy (non-hydrogen) atoms. The summed E-state index contributed by atoms with van der Waals surface area (Å²) in [5.74, 6) is -0.203. The molecular formula is C30H26N4O. The van der Waals surface area contributed by atoms with E-state index in [-0.39, 0.29) is 5.91 Å². The van der Waals surface area contributed by atoms with Crippen molar-refractivity contribution in [3.05, 3.63) is 120 Å². The lowest BCUT2D eigenvalue weighted by Crippen LogP contribution is -2.07. The highest BCUT2D eigenvalue weighted by Gasteiger charge is 2.12. The number of imidazole rings is 1. The number of carbonyl (C=O) groups excluding carboxylic acids is 1. The monoisotopic (exact) mass is 458 g/mol. The lowest BCUT2D eigenvalue weighted by atomic mass is 10.1. The average Bonchev–Trinajstić information content (AvgIpc) is 3.22. The van der Waals surface area contributed by atoms with Crippen LogP contribution in [-0.4, -0.2) is 15.3 Å². The van der Waals surface area contributed by atoms with Gasteiger partial charge in [-0.1, -0.05) is 48.0 Å². The number of carbonyl (C=O) groups is 1. The van der Waals surface area contributed by atoms with Crippen molar-refractivity contribution < 1.29 is 4.79 Å². The van der Waals surface area contributed by atoms with Crippen LogP contribution in [-0.2, 0) is 4.79 Å². The van der Waals surface area contributed by atoms with Gasteiger partial charge in [-0.05, 0) is 74.0 Å². The molecule has 1 amide bonds. The lowest BCUT2D eigenvalue weighted by Gasteiger charge is -2.08. The van der Waals surface area contributed by atoms with Crippen LogP contribution in [0.3, 0.4) is 0 Å². The van der Waals surface area contributed by atoms with Gasteiger partial charge in [0, 0.05) is 34.9 Å². The third-order valence-electron chi connectivity index (χ3n) is 5.75. The van der Waals surface area contributed by atoms with Crippen LogP contribution in [0.4, 0.5) is 17.1 Å². The van der Waals surface area contributed by atoms with E-state index < -0.39 is 0 Å². The number of rotatable bonds is 6. The summed E-state index contributed by atoms with van der Waals surface area (Å²) in [6.07, 6.45) is 5.37. The van der Waals surface area contributed by atoms with Crippen molar-refractivity contribution in [3.63, 3.8) is 0 Å². The smallest absolute Gasteiger partial charge is 0.248 e. The van der Waals surface area contributed by atoms with Crippen molar-refractivity contribution in [1.29, 1.82) is 0 Å². The molecule has 0 aliphatic rings. The zero-order valence-corrected chi connectivity index (χ0v) is 19.7. The molecular weight excluding hydrogens is 432 g/mol. The van der Waals surface area contributed by atoms with E-state index in [9.17, 15) is 4.79 Å². The molecule has 5 nitrogen and oxygen atoms in total. The van der Waals surface area contributed by atoms with Crippen LogP contribution >= 0.6 is 0 Å². The Kier molecular flexibility index (Phi) is 6.14. The zero-order chi connectivity index (χ0) is 24.2. The van der Waals surface area contributed by atoms with Gasteiger partial charge in [-0.15, -0.1) is 0 Å². The molecule has 0 bridgehead atoms. The topological polar surface area (TPSA) is 58.4 Å². The van der Waals surface area contributed by atoms with Crippen LogP contribution in [0.5, 0.6) is 0 Å². The molecule has 172 valence electrons. The fraction of sp³-hybridized carbons (Fsp3) is 0.0667. The quantitative estimate of drug-likeness (QED) is 0.269. The van der Waals surface area contributed by atoms with E-state index in [0.29, 0.717) is 0 Å². The summed E-state index contributed by atoms with van der Waals surface area (Å²) in [6, 6.07) is 29.9. The Morgan fingerprint density at radius 3 is 2.23 bits per heavy atom. The van der Waals surface area contributed by atoms with Crippen molar-refractivity contribution in [2.45, 2.75) is 13.8 Å². The van der Waals surface area contributed by atoms with Gasteiger partial charge in [-0.2, -0.15) is 0 Å². The summed E-state index contributed by atoms with van der Waals surface area (Å²) >= 11 is 0. The number of anilines is 3. The van der Waals surface area contributed by atoms with Gasteiger partial charge in [-0.3, -0.25) is 9.20 Å². The number of hydrogen-bond acceptors (Lipinski definition) is 3. The number of para-hydroxylation sites is 1. The molecule has 2 aromatic heterocycles. The molecule has 0 saturated heterocycles. The first-order valence-electron chi connectivity index (χ1n) is 11.5. The minimum Gasteiger partial charge on any atom is -0.356 e. The van der Waals surface area contributed by atoms with E-state index >= 15 is 0 Å². The van der Waals surface area contributed by atoms with Gasteiger partial charge >= 0.3 is 0 Å². The fourth-order valence-electron chi connectivity index (χ4n) is 3.91. The summed E-state index contributed by atoms with van der Waals surface area (Å²) in [5, 5.41) is 6.27. The third-order valence-corrected chi connectivity index (χ3v) is 5.75. The van der Waals surface area contributed by atoms with Crippen LogP contribution in [0.2, 0.25) is 0 Å². The van der Waals surface area contributed by atoms with Crippen LogP contribution in [0.1, 0.15) is 16.8 Å². The Labute approximate surface area is 204 Å². The largest absolute Gasteiger partial charge is 0.356 e. The first-order chi connectivity index (χ1) is 17.0. The Balaban J connectivity index is 1.36. The number of fused-ring (bicyclic) bond motifs is 1. The third kappa shape index (κ3) is 5.14. The van der Waals surface area contributed by atoms with Gasteiger partial charge < -0.3 is 10.6 Å². The molecule has 5 rings (SSSR count). The Hall–Kier alpha value is -4.64. The average molecular weight is 459 g/mol. The van der Waals surface area contributed by atoms with Crippen molar-refractivity contribution in [2.24, 2.45) is 0 Å². The molecule has 0 radical (unpaired) electrons. The standard InChI is InChI=1S/C30H26N4O/c1-21-8-10-23(11-9-21)30-27(34-19-18-22(2)20-28(34)33-30)16-17-29(35)32-26-14-12-25(13-15-26)31-24-6-4-3-5-7-24/h3-20,31H,1-2H3,(H,32,35)/b17-16+. The van der Waals surface area contributed by atoms with Crippen LogP contribution in [0, 0.1) is 13.8 Å². The first-order valence-corrected chi connectivity index (χ1v) is 11.5. The van der Waals surface area contributed by atoms with E-state index in [1.165, 1.54) is 5.56 Å². The number of nitrogens with one attached hydrogen (secondary N) is 2. The maximum Gasteiger partial charge on any atom is 0.248 e. The van der Waals surface area contributed by atoms with E-state index in [1.807, 2.05) is 90.3 Å². The van der Waals surface area contributed by atoms with Gasteiger partial charge in [0.05, 0.1) is 11.4 Å². The molecule has 2 N–H and O–H groups in total. The zero-order valence-electron chi connectivity index (χ0n) is 19.7. The van der Waals surface area contributed by atoms with Gasteiger partial charge in [0.1, 0.15) is 5.65 Å². The fourth-order valence-corrected chi connectivity index (χ4v) is 3.91. The number of aryl methyl sites for hydroxylation is 2. The second-order valence-corrected chi connectivity index (χ2v) is 8.53. The predicted molar refractivity (Wildman–Crippen MR) is 144 cm³/mol. The van der Waals surface area contributed by atoms with E-state index in [1.54, 1.807) is 6.08 Å². The van der Waals surface area contributed by atoms with Gasteiger partial charge in [0.15, 0.2) is 0 Å². The number of nitrogens with zero attached hydrogens (tertiary/aromatic N) is 2. The van der Waals surface area contributed by atoms with Gasteiger partial charge in [-0.25, -0.2) is 4.98 Å². The molecule has 0 saturated carbocycles. The van der Waals surface area contributed by atoms with Gasteiger partial charge in [0.25, 0.3) is 0 Å². The van der Waals surface area contributed by atoms with Gasteiger partial charge in [0.2, 0.25) is 5.91 Å². The summed E-state index contributed by atoms with van der Waals surface area (Å²) < 4.78 is 2.01. The highest BCUT2D eigenvalue weighted by molar-refractivity contribution is 6.02. The maximum atomic E-state index is 12.7. The van der Waals surface area contributed by atoms with Crippen LogP contribution in [0.25, 0.3) is 23.0 Å². The van der Waals surface area contributed by atoms with E-state index in [0.717, 1.165) is 45.2 Å². The number of pyridine rings is 1. The molecule has 0 aliphatic carbocycles. The van der Waals surface area contributed by atoms with E-state index in [2.05, 4.69) is 41.8 Å². The van der Waals surface area contributed by atoms with Crippen molar-refractivity contribution in [2.75, 3.05) is 10.6 Å². The molecule has 2 heterocycles. The molecule has 0 atom stereocenters. The number of benzene rings is 3. The van der Waals surface area contributed by atoms with Crippen molar-refractivity contribution >= 4 is 34.7 Å². The Morgan fingerprint density at radius 2 is 1.49 bits per heavy atom. The number of amides is 1. The molecule has 0 aliphatic heterocycles. The maximum absolute atomic E-state index is 12.7. The van der Waals surface area contributed by atoms with Crippen molar-refractivity contribution in [1.82, 2.24) is 9.38 Å². The molecule has 5 aromatic rings. The minimum absolute atomic E-state index is 0.203. The normalized spacial score (nSPS) is 11.1. The number of aromatic nitrogens is 2. The summed E-state index contributed by atoms with van der Waals surface area (Å²) in [4.78, 5) is 17.6. The molecule has 0 unspecified atom stereocenters. The summed E-state index contributed by atoms with van der Waals surface area (Å²) in [6.45, 7) is 4.11. The first kappa shape index (κ1) is 22.2. The van der Waals surface area contributed by atoms with Crippen LogP contribution in [0.15, 0.2) is 103 Å². The second-order valence-electron chi connectivity index (χ2n) is 8.53. The molecule has 5 heteroatoms. The SMILES string of the molecule is Cc1ccc(-c2nc3cc(C)ccn3c2/C=C/C(=O)Nc2ccc(Nc3ccccc3)cc2)cc1. The second kappa shape index (κ2) is 9.69. The molecule has 3 aromatic carbocycles. The van der Waals surface area contributed by atoms with E-state index in [4.69, 9.17) is 4.98 Å². The number of hydrogen-bond donors (Lipinski definition) is 2. The molecule has 0 fully saturated rings. The Morgan fingerprint density at radius 1 is 0.800 bits per heavy atom. The summed E-state index contributed by atoms with van der Waals surface area (Å²) in [5.41, 5.74) is 8.59. The molecule has 0 spiro atoms. The summed E-state index contributed by atoms with van der Waals surface area (Å²) in [7, 11) is 0. The van der Waals surface area contributed by atoms with Crippen LogP contribution < -0.4 is 10.6 Å². The van der Waals surface area contributed by atoms with Crippen molar-refractivity contribution in [3.8, 4) is 11.3 Å². The highest BCUT2D eigenvalue weighted by atomic mass is 16.1. The Bertz CT molecular complexity index is 1500. The minimum atomic E-state index is -0.203. The predicted octanol–water partition coefficient (Wildman–Crippen LogP) is 7.01.